The molecule has 0 spiro atoms. The van der Waals surface area contributed by atoms with Crippen molar-refractivity contribution in [3.8, 4) is 56.2 Å². The lowest BCUT2D eigenvalue weighted by Crippen LogP contribution is -1.96. The third-order valence-electron chi connectivity index (χ3n) is 9.02. The van der Waals surface area contributed by atoms with Crippen LogP contribution in [0.4, 0.5) is 0 Å². The number of aromatic nitrogens is 4. The van der Waals surface area contributed by atoms with Gasteiger partial charge in [0.2, 0.25) is 0 Å². The Morgan fingerprint density at radius 3 is 1.44 bits per heavy atom. The largest absolute Gasteiger partial charge is 0.256 e. The van der Waals surface area contributed by atoms with Crippen molar-refractivity contribution in [3.63, 3.8) is 0 Å². The van der Waals surface area contributed by atoms with E-state index in [0.717, 1.165) is 72.1 Å². The standard InChI is InChI=1S/C44H28N4/c1-2-8-34-27-35(22-13-29(34)7-1)43-28-42(32-18-14-30(15-19-32)36-23-25-45-40-11-5-3-9-38(36)40)47-44(48-43)33-20-16-31(17-21-33)37-24-26-46-41-12-6-4-10-39(37)41/h1-28H. The topological polar surface area (TPSA) is 51.6 Å². The highest BCUT2D eigenvalue weighted by atomic mass is 14.9. The van der Waals surface area contributed by atoms with E-state index < -0.39 is 0 Å². The number of hydrogen-bond acceptors (Lipinski definition) is 4. The number of nitrogens with zero attached hydrogens (tertiary/aromatic N) is 4. The summed E-state index contributed by atoms with van der Waals surface area (Å²) in [7, 11) is 0. The van der Waals surface area contributed by atoms with E-state index in [0.29, 0.717) is 5.82 Å². The van der Waals surface area contributed by atoms with Gasteiger partial charge >= 0.3 is 0 Å². The Labute approximate surface area is 278 Å². The van der Waals surface area contributed by atoms with Gasteiger partial charge in [0.25, 0.3) is 0 Å². The molecule has 3 aromatic heterocycles. The van der Waals surface area contributed by atoms with Crippen molar-refractivity contribution in [2.45, 2.75) is 0 Å². The second-order valence-corrected chi connectivity index (χ2v) is 11.9. The van der Waals surface area contributed by atoms with Crippen LogP contribution in [0.15, 0.2) is 170 Å². The molecule has 0 aliphatic rings. The summed E-state index contributed by atoms with van der Waals surface area (Å²) in [4.78, 5) is 19.4. The van der Waals surface area contributed by atoms with Gasteiger partial charge in [-0.2, -0.15) is 0 Å². The SMILES string of the molecule is c1ccc2cc(-c3cc(-c4ccc(-c5ccnc6ccccc56)cc4)nc(-c4ccc(-c5ccnc6ccccc56)cc4)n3)ccc2c1. The van der Waals surface area contributed by atoms with E-state index in [1.807, 2.05) is 30.6 Å². The summed E-state index contributed by atoms with van der Waals surface area (Å²) in [5.41, 5.74) is 11.4. The fraction of sp³-hybridized carbons (Fsp3) is 0. The zero-order chi connectivity index (χ0) is 31.9. The van der Waals surface area contributed by atoms with Crippen LogP contribution in [0.25, 0.3) is 88.7 Å². The minimum absolute atomic E-state index is 0.686. The van der Waals surface area contributed by atoms with Crippen molar-refractivity contribution in [1.82, 2.24) is 19.9 Å². The van der Waals surface area contributed by atoms with Gasteiger partial charge in [0.15, 0.2) is 5.82 Å². The van der Waals surface area contributed by atoms with Crippen molar-refractivity contribution in [2.24, 2.45) is 0 Å². The number of para-hydroxylation sites is 2. The maximum atomic E-state index is 5.14. The van der Waals surface area contributed by atoms with E-state index in [1.54, 1.807) is 0 Å². The summed E-state index contributed by atoms with van der Waals surface area (Å²) >= 11 is 0. The van der Waals surface area contributed by atoms with E-state index in [1.165, 1.54) is 10.8 Å². The third kappa shape index (κ3) is 5.06. The summed E-state index contributed by atoms with van der Waals surface area (Å²) in [5, 5.41) is 4.65. The molecule has 0 aliphatic heterocycles. The fourth-order valence-electron chi connectivity index (χ4n) is 6.54. The van der Waals surface area contributed by atoms with Crippen LogP contribution in [0.2, 0.25) is 0 Å². The Kier molecular flexibility index (Phi) is 6.76. The van der Waals surface area contributed by atoms with Crippen molar-refractivity contribution in [1.29, 1.82) is 0 Å². The Hall–Kier alpha value is -6.52. The maximum absolute atomic E-state index is 5.14. The Morgan fingerprint density at radius 1 is 0.333 bits per heavy atom. The van der Waals surface area contributed by atoms with E-state index in [-0.39, 0.29) is 0 Å². The lowest BCUT2D eigenvalue weighted by molar-refractivity contribution is 1.18. The van der Waals surface area contributed by atoms with Crippen molar-refractivity contribution in [3.05, 3.63) is 170 Å². The van der Waals surface area contributed by atoms with Gasteiger partial charge in [0.05, 0.1) is 22.4 Å². The molecule has 6 aromatic carbocycles. The minimum atomic E-state index is 0.686. The highest BCUT2D eigenvalue weighted by Crippen LogP contribution is 2.34. The number of benzene rings is 6. The number of pyridine rings is 2. The van der Waals surface area contributed by atoms with Gasteiger partial charge < -0.3 is 0 Å². The highest BCUT2D eigenvalue weighted by Gasteiger charge is 2.13. The van der Waals surface area contributed by atoms with E-state index >= 15 is 0 Å². The molecule has 0 amide bonds. The molecule has 4 nitrogen and oxygen atoms in total. The van der Waals surface area contributed by atoms with Crippen LogP contribution >= 0.6 is 0 Å². The van der Waals surface area contributed by atoms with E-state index in [4.69, 9.17) is 9.97 Å². The Morgan fingerprint density at radius 2 is 0.812 bits per heavy atom. The van der Waals surface area contributed by atoms with Crippen LogP contribution in [0.5, 0.6) is 0 Å². The van der Waals surface area contributed by atoms with Crippen LogP contribution in [-0.2, 0) is 0 Å². The maximum Gasteiger partial charge on any atom is 0.160 e. The van der Waals surface area contributed by atoms with E-state index in [2.05, 4.69) is 149 Å². The summed E-state index contributed by atoms with van der Waals surface area (Å²) < 4.78 is 0. The van der Waals surface area contributed by atoms with E-state index in [9.17, 15) is 0 Å². The molecule has 0 fully saturated rings. The van der Waals surface area contributed by atoms with Gasteiger partial charge in [-0.3, -0.25) is 9.97 Å². The lowest BCUT2D eigenvalue weighted by Gasteiger charge is -2.12. The van der Waals surface area contributed by atoms with Crippen LogP contribution in [0, 0.1) is 0 Å². The molecule has 9 rings (SSSR count). The molecule has 0 radical (unpaired) electrons. The molecule has 9 aromatic rings. The minimum Gasteiger partial charge on any atom is -0.256 e. The molecular weight excluding hydrogens is 585 g/mol. The van der Waals surface area contributed by atoms with Crippen LogP contribution in [0.1, 0.15) is 0 Å². The van der Waals surface area contributed by atoms with Crippen molar-refractivity contribution in [2.75, 3.05) is 0 Å². The molecule has 48 heavy (non-hydrogen) atoms. The summed E-state index contributed by atoms with van der Waals surface area (Å²) in [5.74, 6) is 0.686. The van der Waals surface area contributed by atoms with Crippen molar-refractivity contribution < 1.29 is 0 Å². The van der Waals surface area contributed by atoms with Gasteiger partial charge in [-0.15, -0.1) is 0 Å². The molecule has 224 valence electrons. The summed E-state index contributed by atoms with van der Waals surface area (Å²) in [6.45, 7) is 0. The molecule has 0 saturated heterocycles. The molecule has 4 heteroatoms. The van der Waals surface area contributed by atoms with Gasteiger partial charge in [-0.05, 0) is 69.4 Å². The monoisotopic (exact) mass is 612 g/mol. The first-order valence-corrected chi connectivity index (χ1v) is 16.0. The normalized spacial score (nSPS) is 11.3. The second-order valence-electron chi connectivity index (χ2n) is 11.9. The molecule has 0 unspecified atom stereocenters. The van der Waals surface area contributed by atoms with Gasteiger partial charge in [-0.1, -0.05) is 121 Å². The molecular formula is C44H28N4. The predicted octanol–water partition coefficient (Wildman–Crippen LogP) is 11.1. The smallest absolute Gasteiger partial charge is 0.160 e. The van der Waals surface area contributed by atoms with Gasteiger partial charge in [0.1, 0.15) is 0 Å². The molecule has 0 aliphatic carbocycles. The molecule has 3 heterocycles. The molecule has 0 bridgehead atoms. The first kappa shape index (κ1) is 27.8. The quantitative estimate of drug-likeness (QED) is 0.194. The third-order valence-corrected chi connectivity index (χ3v) is 9.02. The molecule has 0 N–H and O–H groups in total. The van der Waals surface area contributed by atoms with Crippen molar-refractivity contribution >= 4 is 32.6 Å². The zero-order valence-corrected chi connectivity index (χ0v) is 26.0. The molecule has 0 saturated carbocycles. The van der Waals surface area contributed by atoms with Crippen LogP contribution in [0.3, 0.4) is 0 Å². The van der Waals surface area contributed by atoms with Gasteiger partial charge in [0, 0.05) is 39.9 Å². The Balaban J connectivity index is 1.14. The predicted molar refractivity (Wildman–Crippen MR) is 197 cm³/mol. The average molecular weight is 613 g/mol. The summed E-state index contributed by atoms with van der Waals surface area (Å²) in [6.07, 6.45) is 3.75. The van der Waals surface area contributed by atoms with Crippen LogP contribution in [-0.4, -0.2) is 19.9 Å². The van der Waals surface area contributed by atoms with Crippen LogP contribution < -0.4 is 0 Å². The number of fused-ring (bicyclic) bond motifs is 3. The second kappa shape index (κ2) is 11.7. The molecule has 0 atom stereocenters. The Bertz CT molecular complexity index is 2460. The summed E-state index contributed by atoms with van der Waals surface area (Å²) in [6, 6.07) is 54.9. The number of rotatable bonds is 5. The van der Waals surface area contributed by atoms with Gasteiger partial charge in [-0.25, -0.2) is 9.97 Å². The lowest BCUT2D eigenvalue weighted by atomic mass is 9.98. The first-order valence-electron chi connectivity index (χ1n) is 16.0. The average Bonchev–Trinajstić information content (AvgIpc) is 3.17. The number of hydrogen-bond donors (Lipinski definition) is 0. The fourth-order valence-corrected chi connectivity index (χ4v) is 6.54. The zero-order valence-electron chi connectivity index (χ0n) is 26.0. The highest BCUT2D eigenvalue weighted by molar-refractivity contribution is 5.95. The first-order chi connectivity index (χ1) is 23.8.